The van der Waals surface area contributed by atoms with Crippen molar-refractivity contribution in [3.05, 3.63) is 59.3 Å². The van der Waals surface area contributed by atoms with Gasteiger partial charge in [0.15, 0.2) is 11.5 Å². The lowest BCUT2D eigenvalue weighted by molar-refractivity contribution is -0.274. The van der Waals surface area contributed by atoms with E-state index >= 15 is 0 Å². The molecule has 1 aromatic heterocycles. The van der Waals surface area contributed by atoms with Gasteiger partial charge < -0.3 is 14.3 Å². The van der Waals surface area contributed by atoms with Crippen LogP contribution in [0.2, 0.25) is 0 Å². The zero-order chi connectivity index (χ0) is 20.6. The van der Waals surface area contributed by atoms with Gasteiger partial charge in [-0.2, -0.15) is 0 Å². The van der Waals surface area contributed by atoms with Gasteiger partial charge in [-0.15, -0.1) is 13.2 Å². The fourth-order valence-corrected chi connectivity index (χ4v) is 3.05. The van der Waals surface area contributed by atoms with Gasteiger partial charge in [-0.3, -0.25) is 14.5 Å². The van der Waals surface area contributed by atoms with Gasteiger partial charge in [0.1, 0.15) is 23.3 Å². The standard InChI is InChI=1S/C19H16F3NO5/c1-3-13(24)15-16(14-8-7-10(2)27-14)23(18(26)17(15)25)11-5-4-6-12(9-11)28-19(20,21)22/h4-9,16,25H,3H2,1-2H3. The number of Topliss-reactive ketones (excluding diaryl/α,β-unsaturated/α-hetero) is 1. The van der Waals surface area contributed by atoms with Crippen LogP contribution in [0.3, 0.4) is 0 Å². The summed E-state index contributed by atoms with van der Waals surface area (Å²) in [5.74, 6) is -1.98. The topological polar surface area (TPSA) is 80.0 Å². The third-order valence-electron chi connectivity index (χ3n) is 4.19. The van der Waals surface area contributed by atoms with Crippen molar-refractivity contribution < 1.29 is 37.0 Å². The van der Waals surface area contributed by atoms with Crippen molar-refractivity contribution in [2.75, 3.05) is 4.90 Å². The van der Waals surface area contributed by atoms with Gasteiger partial charge >= 0.3 is 6.36 Å². The number of alkyl halides is 3. The minimum absolute atomic E-state index is 0.0104. The molecule has 0 bridgehead atoms. The number of amides is 1. The fraction of sp³-hybridized carbons (Fsp3) is 0.263. The Hall–Kier alpha value is -3.23. The summed E-state index contributed by atoms with van der Waals surface area (Å²) in [6.45, 7) is 3.23. The number of aliphatic hydroxyl groups excluding tert-OH is 1. The van der Waals surface area contributed by atoms with Crippen LogP contribution in [-0.2, 0) is 9.59 Å². The first-order valence-electron chi connectivity index (χ1n) is 8.34. The van der Waals surface area contributed by atoms with Crippen molar-refractivity contribution in [2.24, 2.45) is 0 Å². The van der Waals surface area contributed by atoms with Gasteiger partial charge in [0, 0.05) is 18.2 Å². The van der Waals surface area contributed by atoms with Crippen molar-refractivity contribution >= 4 is 17.4 Å². The lowest BCUT2D eigenvalue weighted by Crippen LogP contribution is -2.30. The van der Waals surface area contributed by atoms with E-state index in [9.17, 15) is 27.9 Å². The van der Waals surface area contributed by atoms with E-state index in [1.165, 1.54) is 18.2 Å². The minimum Gasteiger partial charge on any atom is -0.503 e. The number of benzene rings is 1. The number of halogens is 3. The highest BCUT2D eigenvalue weighted by Crippen LogP contribution is 2.42. The number of nitrogens with zero attached hydrogens (tertiary/aromatic N) is 1. The lowest BCUT2D eigenvalue weighted by atomic mass is 9.99. The second kappa shape index (κ2) is 7.06. The molecule has 3 rings (SSSR count). The number of rotatable bonds is 5. The van der Waals surface area contributed by atoms with Crippen LogP contribution in [0, 0.1) is 6.92 Å². The van der Waals surface area contributed by atoms with Crippen molar-refractivity contribution in [2.45, 2.75) is 32.7 Å². The average molecular weight is 395 g/mol. The maximum Gasteiger partial charge on any atom is 0.573 e. The van der Waals surface area contributed by atoms with E-state index in [1.807, 2.05) is 0 Å². The molecule has 0 fully saturated rings. The maximum absolute atomic E-state index is 12.7. The van der Waals surface area contributed by atoms with E-state index in [-0.39, 0.29) is 23.4 Å². The molecular weight excluding hydrogens is 379 g/mol. The molecule has 2 aromatic rings. The Bertz CT molecular complexity index is 960. The van der Waals surface area contributed by atoms with E-state index in [0.29, 0.717) is 5.76 Å². The summed E-state index contributed by atoms with van der Waals surface area (Å²) in [6.07, 6.45) is -4.89. The van der Waals surface area contributed by atoms with Crippen LogP contribution >= 0.6 is 0 Å². The fourth-order valence-electron chi connectivity index (χ4n) is 3.05. The average Bonchev–Trinajstić information content (AvgIpc) is 3.15. The molecule has 6 nitrogen and oxygen atoms in total. The normalized spacial score (nSPS) is 17.4. The van der Waals surface area contributed by atoms with Gasteiger partial charge in [0.25, 0.3) is 5.91 Å². The second-order valence-corrected chi connectivity index (χ2v) is 6.11. The first kappa shape index (κ1) is 19.5. The Balaban J connectivity index is 2.10. The van der Waals surface area contributed by atoms with Gasteiger partial charge in [-0.1, -0.05) is 13.0 Å². The Morgan fingerprint density at radius 3 is 2.57 bits per heavy atom. The predicted molar refractivity (Wildman–Crippen MR) is 91.7 cm³/mol. The molecule has 1 aliphatic heterocycles. The molecule has 1 atom stereocenters. The molecule has 0 saturated carbocycles. The summed E-state index contributed by atoms with van der Waals surface area (Å²) in [5.41, 5.74) is -0.153. The summed E-state index contributed by atoms with van der Waals surface area (Å²) in [4.78, 5) is 26.1. The van der Waals surface area contributed by atoms with Crippen molar-refractivity contribution in [1.82, 2.24) is 0 Å². The maximum atomic E-state index is 12.7. The van der Waals surface area contributed by atoms with E-state index in [1.54, 1.807) is 19.9 Å². The highest BCUT2D eigenvalue weighted by atomic mass is 19.4. The lowest BCUT2D eigenvalue weighted by Gasteiger charge is -2.25. The number of aliphatic hydroxyl groups is 1. The first-order valence-corrected chi connectivity index (χ1v) is 8.34. The molecule has 2 heterocycles. The van der Waals surface area contributed by atoms with Gasteiger partial charge in [-0.25, -0.2) is 0 Å². The van der Waals surface area contributed by atoms with E-state index < -0.39 is 35.6 Å². The third-order valence-corrected chi connectivity index (χ3v) is 4.19. The summed E-state index contributed by atoms with van der Waals surface area (Å²) < 4.78 is 47.1. The van der Waals surface area contributed by atoms with Crippen LogP contribution in [0.15, 0.2) is 52.1 Å². The predicted octanol–water partition coefficient (Wildman–Crippen LogP) is 4.37. The number of hydrogen-bond donors (Lipinski definition) is 1. The molecule has 1 amide bonds. The molecule has 148 valence electrons. The van der Waals surface area contributed by atoms with Crippen LogP contribution in [-0.4, -0.2) is 23.2 Å². The largest absolute Gasteiger partial charge is 0.573 e. The van der Waals surface area contributed by atoms with Gasteiger partial charge in [0.05, 0.1) is 5.57 Å². The molecular formula is C19H16F3NO5. The summed E-state index contributed by atoms with van der Waals surface area (Å²) in [7, 11) is 0. The van der Waals surface area contributed by atoms with Crippen molar-refractivity contribution in [3.8, 4) is 5.75 Å². The number of carbonyl (C=O) groups excluding carboxylic acids is 2. The molecule has 1 unspecified atom stereocenters. The van der Waals surface area contributed by atoms with E-state index in [2.05, 4.69) is 4.74 Å². The molecule has 1 aromatic carbocycles. The molecule has 0 spiro atoms. The monoisotopic (exact) mass is 395 g/mol. The molecule has 1 N–H and O–H groups in total. The van der Waals surface area contributed by atoms with Crippen LogP contribution in [0.25, 0.3) is 0 Å². The Morgan fingerprint density at radius 2 is 2.00 bits per heavy atom. The van der Waals surface area contributed by atoms with Gasteiger partial charge in [-0.05, 0) is 31.2 Å². The second-order valence-electron chi connectivity index (χ2n) is 6.11. The first-order chi connectivity index (χ1) is 13.1. The Morgan fingerprint density at radius 1 is 1.29 bits per heavy atom. The highest BCUT2D eigenvalue weighted by molar-refractivity contribution is 6.16. The molecule has 0 radical (unpaired) electrons. The summed E-state index contributed by atoms with van der Waals surface area (Å²) >= 11 is 0. The minimum atomic E-state index is -4.91. The zero-order valence-corrected chi connectivity index (χ0v) is 14.9. The Kier molecular flexibility index (Phi) is 4.93. The number of furan rings is 1. The van der Waals surface area contributed by atoms with Crippen LogP contribution in [0.5, 0.6) is 5.75 Å². The van der Waals surface area contributed by atoms with E-state index in [4.69, 9.17) is 4.42 Å². The summed E-state index contributed by atoms with van der Waals surface area (Å²) in [5, 5.41) is 10.3. The number of ether oxygens (including phenoxy) is 1. The molecule has 0 saturated heterocycles. The van der Waals surface area contributed by atoms with E-state index in [0.717, 1.165) is 17.0 Å². The number of aryl methyl sites for hydroxylation is 1. The highest BCUT2D eigenvalue weighted by Gasteiger charge is 2.45. The number of carbonyl (C=O) groups is 2. The number of hydrogen-bond acceptors (Lipinski definition) is 5. The van der Waals surface area contributed by atoms with Crippen LogP contribution in [0.4, 0.5) is 18.9 Å². The number of anilines is 1. The van der Waals surface area contributed by atoms with Crippen molar-refractivity contribution in [3.63, 3.8) is 0 Å². The Labute approximate surface area is 157 Å². The quantitative estimate of drug-likeness (QED) is 0.814. The number of ketones is 1. The van der Waals surface area contributed by atoms with Crippen LogP contribution in [0.1, 0.15) is 30.9 Å². The SMILES string of the molecule is CCC(=O)C1=C(O)C(=O)N(c2cccc(OC(F)(F)F)c2)C1c1ccc(C)o1. The van der Waals surface area contributed by atoms with Gasteiger partial charge in [0.2, 0.25) is 0 Å². The molecule has 9 heteroatoms. The molecule has 1 aliphatic rings. The zero-order valence-electron chi connectivity index (χ0n) is 14.9. The molecule has 0 aliphatic carbocycles. The summed E-state index contributed by atoms with van der Waals surface area (Å²) in [6, 6.07) is 6.77. The van der Waals surface area contributed by atoms with Crippen molar-refractivity contribution in [1.29, 1.82) is 0 Å². The third kappa shape index (κ3) is 3.60. The van der Waals surface area contributed by atoms with Crippen LogP contribution < -0.4 is 9.64 Å². The molecule has 28 heavy (non-hydrogen) atoms. The smallest absolute Gasteiger partial charge is 0.503 e.